The number of fused-ring (bicyclic) bond motifs is 1. The lowest BCUT2D eigenvalue weighted by molar-refractivity contribution is 0.311. The van der Waals surface area contributed by atoms with Crippen LogP contribution in [0.5, 0.6) is 11.5 Å². The van der Waals surface area contributed by atoms with E-state index >= 15 is 0 Å². The summed E-state index contributed by atoms with van der Waals surface area (Å²) in [6.07, 6.45) is 1.77. The Morgan fingerprint density at radius 1 is 1.15 bits per heavy atom. The van der Waals surface area contributed by atoms with E-state index in [9.17, 15) is 0 Å². The molecule has 0 spiro atoms. The van der Waals surface area contributed by atoms with Crippen LogP contribution in [-0.2, 0) is 6.54 Å². The number of nitrogens with two attached hydrogens (primary N) is 2. The molecule has 0 bridgehead atoms. The van der Waals surface area contributed by atoms with Crippen LogP contribution in [-0.4, -0.2) is 28.7 Å². The normalized spacial score (nSPS) is 10.7. The highest BCUT2D eigenvalue weighted by Crippen LogP contribution is 2.31. The SMILES string of the molecule is CCOc1ccc(NCc2cnc3nc(N)nc(N)c3c2C)cc1OC. The molecule has 0 unspecified atom stereocenters. The van der Waals surface area contributed by atoms with Gasteiger partial charge in [-0.1, -0.05) is 0 Å². The number of aryl methyl sites for hydroxylation is 1. The van der Waals surface area contributed by atoms with Gasteiger partial charge in [0.25, 0.3) is 0 Å². The van der Waals surface area contributed by atoms with Crippen molar-refractivity contribution in [1.29, 1.82) is 0 Å². The second kappa shape index (κ2) is 7.30. The predicted octanol–water partition coefficient (Wildman–Crippen LogP) is 2.52. The lowest BCUT2D eigenvalue weighted by atomic mass is 10.1. The third-order valence-corrected chi connectivity index (χ3v) is 4.08. The lowest BCUT2D eigenvalue weighted by Crippen LogP contribution is -2.07. The standard InChI is InChI=1S/C18H22N6O2/c1-4-26-13-6-5-12(7-14(13)25-3)21-8-11-9-22-17-15(10(11)2)16(19)23-18(20)24-17/h5-7,9,21H,4,8H2,1-3H3,(H4,19,20,22,23,24). The first-order chi connectivity index (χ1) is 12.5. The number of anilines is 3. The van der Waals surface area contributed by atoms with E-state index < -0.39 is 0 Å². The zero-order valence-electron chi connectivity index (χ0n) is 15.0. The molecule has 3 aromatic rings. The van der Waals surface area contributed by atoms with Crippen molar-refractivity contribution in [3.05, 3.63) is 35.5 Å². The van der Waals surface area contributed by atoms with E-state index in [0.717, 1.165) is 22.2 Å². The van der Waals surface area contributed by atoms with Crippen molar-refractivity contribution in [2.75, 3.05) is 30.5 Å². The van der Waals surface area contributed by atoms with Crippen LogP contribution in [0, 0.1) is 6.92 Å². The van der Waals surface area contributed by atoms with Gasteiger partial charge < -0.3 is 26.3 Å². The number of benzene rings is 1. The summed E-state index contributed by atoms with van der Waals surface area (Å²) in [6.45, 7) is 5.05. The first-order valence-electron chi connectivity index (χ1n) is 8.25. The molecule has 136 valence electrons. The second-order valence-corrected chi connectivity index (χ2v) is 5.73. The quantitative estimate of drug-likeness (QED) is 0.617. The van der Waals surface area contributed by atoms with Crippen LogP contribution in [0.4, 0.5) is 17.5 Å². The molecule has 8 heteroatoms. The van der Waals surface area contributed by atoms with E-state index in [-0.39, 0.29) is 5.95 Å². The molecule has 26 heavy (non-hydrogen) atoms. The van der Waals surface area contributed by atoms with Crippen molar-refractivity contribution >= 4 is 28.5 Å². The molecule has 0 aliphatic carbocycles. The number of hydrogen-bond donors (Lipinski definition) is 3. The van der Waals surface area contributed by atoms with Crippen molar-refractivity contribution in [2.45, 2.75) is 20.4 Å². The van der Waals surface area contributed by atoms with E-state index in [1.54, 1.807) is 13.3 Å². The minimum absolute atomic E-state index is 0.120. The Bertz CT molecular complexity index is 945. The molecule has 0 aliphatic rings. The van der Waals surface area contributed by atoms with Crippen molar-refractivity contribution in [2.24, 2.45) is 0 Å². The fraction of sp³-hybridized carbons (Fsp3) is 0.278. The Kier molecular flexibility index (Phi) is 4.92. The maximum atomic E-state index is 6.00. The molecule has 8 nitrogen and oxygen atoms in total. The fourth-order valence-electron chi connectivity index (χ4n) is 2.76. The largest absolute Gasteiger partial charge is 0.493 e. The van der Waals surface area contributed by atoms with Crippen LogP contribution in [0.25, 0.3) is 11.0 Å². The van der Waals surface area contributed by atoms with Crippen molar-refractivity contribution < 1.29 is 9.47 Å². The Morgan fingerprint density at radius 3 is 2.69 bits per heavy atom. The fourth-order valence-corrected chi connectivity index (χ4v) is 2.76. The average molecular weight is 354 g/mol. The Hall–Kier alpha value is -3.29. The molecule has 2 heterocycles. The number of nitrogens with one attached hydrogen (secondary N) is 1. The zero-order valence-corrected chi connectivity index (χ0v) is 15.0. The van der Waals surface area contributed by atoms with Crippen molar-refractivity contribution in [3.63, 3.8) is 0 Å². The molecular weight excluding hydrogens is 332 g/mol. The maximum Gasteiger partial charge on any atom is 0.224 e. The topological polar surface area (TPSA) is 121 Å². The van der Waals surface area contributed by atoms with Crippen LogP contribution in [0.1, 0.15) is 18.1 Å². The minimum Gasteiger partial charge on any atom is -0.493 e. The number of ether oxygens (including phenoxy) is 2. The third kappa shape index (κ3) is 3.39. The number of methoxy groups -OCH3 is 1. The Balaban J connectivity index is 1.85. The summed E-state index contributed by atoms with van der Waals surface area (Å²) in [4.78, 5) is 12.5. The number of pyridine rings is 1. The van der Waals surface area contributed by atoms with Gasteiger partial charge in [-0.2, -0.15) is 9.97 Å². The van der Waals surface area contributed by atoms with Gasteiger partial charge in [0.15, 0.2) is 17.1 Å². The molecule has 0 saturated heterocycles. The highest BCUT2D eigenvalue weighted by atomic mass is 16.5. The van der Waals surface area contributed by atoms with Crippen LogP contribution in [0.3, 0.4) is 0 Å². The number of nitrogen functional groups attached to an aromatic ring is 2. The van der Waals surface area contributed by atoms with Crippen molar-refractivity contribution in [1.82, 2.24) is 15.0 Å². The van der Waals surface area contributed by atoms with Gasteiger partial charge in [0.1, 0.15) is 5.82 Å². The van der Waals surface area contributed by atoms with Gasteiger partial charge in [0.2, 0.25) is 5.95 Å². The van der Waals surface area contributed by atoms with Gasteiger partial charge in [-0.3, -0.25) is 0 Å². The highest BCUT2D eigenvalue weighted by molar-refractivity contribution is 5.90. The van der Waals surface area contributed by atoms with Crippen LogP contribution < -0.4 is 26.3 Å². The molecule has 0 radical (unpaired) electrons. The summed E-state index contributed by atoms with van der Waals surface area (Å²) in [7, 11) is 1.62. The maximum absolute atomic E-state index is 6.00. The summed E-state index contributed by atoms with van der Waals surface area (Å²) in [5.74, 6) is 1.85. The molecule has 1 aromatic carbocycles. The predicted molar refractivity (Wildman–Crippen MR) is 102 cm³/mol. The number of hydrogen-bond acceptors (Lipinski definition) is 8. The minimum atomic E-state index is 0.120. The summed E-state index contributed by atoms with van der Waals surface area (Å²) in [6, 6.07) is 5.72. The molecule has 0 aliphatic heterocycles. The van der Waals surface area contributed by atoms with E-state index in [0.29, 0.717) is 36.1 Å². The molecule has 0 saturated carbocycles. The molecule has 0 atom stereocenters. The lowest BCUT2D eigenvalue weighted by Gasteiger charge is -2.14. The summed E-state index contributed by atoms with van der Waals surface area (Å²) < 4.78 is 10.9. The Labute approximate surface area is 151 Å². The monoisotopic (exact) mass is 354 g/mol. The van der Waals surface area contributed by atoms with E-state index in [1.807, 2.05) is 32.0 Å². The highest BCUT2D eigenvalue weighted by Gasteiger charge is 2.12. The van der Waals surface area contributed by atoms with Crippen LogP contribution in [0.2, 0.25) is 0 Å². The van der Waals surface area contributed by atoms with Gasteiger partial charge in [-0.25, -0.2) is 4.98 Å². The second-order valence-electron chi connectivity index (χ2n) is 5.73. The van der Waals surface area contributed by atoms with E-state index in [1.165, 1.54) is 0 Å². The van der Waals surface area contributed by atoms with Gasteiger partial charge in [0, 0.05) is 24.5 Å². The van der Waals surface area contributed by atoms with Crippen LogP contribution in [0.15, 0.2) is 24.4 Å². The molecule has 0 fully saturated rings. The van der Waals surface area contributed by atoms with Gasteiger partial charge in [-0.15, -0.1) is 0 Å². The van der Waals surface area contributed by atoms with Gasteiger partial charge >= 0.3 is 0 Å². The van der Waals surface area contributed by atoms with Crippen molar-refractivity contribution in [3.8, 4) is 11.5 Å². The average Bonchev–Trinajstić information content (AvgIpc) is 2.61. The molecule has 5 N–H and O–H groups in total. The number of rotatable bonds is 6. The van der Waals surface area contributed by atoms with Gasteiger partial charge in [-0.05, 0) is 37.1 Å². The van der Waals surface area contributed by atoms with E-state index in [4.69, 9.17) is 20.9 Å². The Morgan fingerprint density at radius 2 is 1.96 bits per heavy atom. The first-order valence-corrected chi connectivity index (χ1v) is 8.25. The first kappa shape index (κ1) is 17.5. The summed E-state index contributed by atoms with van der Waals surface area (Å²) in [5.41, 5.74) is 15.0. The van der Waals surface area contributed by atoms with E-state index in [2.05, 4.69) is 20.3 Å². The third-order valence-electron chi connectivity index (χ3n) is 4.08. The molecule has 3 rings (SSSR count). The molecule has 0 amide bonds. The van der Waals surface area contributed by atoms with Crippen LogP contribution >= 0.6 is 0 Å². The zero-order chi connectivity index (χ0) is 18.7. The molecule has 2 aromatic heterocycles. The summed E-state index contributed by atoms with van der Waals surface area (Å²) in [5, 5.41) is 4.08. The number of nitrogens with zero attached hydrogens (tertiary/aromatic N) is 3. The smallest absolute Gasteiger partial charge is 0.224 e. The van der Waals surface area contributed by atoms with Gasteiger partial charge in [0.05, 0.1) is 19.1 Å². The molecular formula is C18H22N6O2. The summed E-state index contributed by atoms with van der Waals surface area (Å²) >= 11 is 0. The number of aromatic nitrogens is 3.